The first-order valence-corrected chi connectivity index (χ1v) is 10.3. The molecule has 1 rings (SSSR count). The van der Waals surface area contributed by atoms with Gasteiger partial charge < -0.3 is 0 Å². The minimum absolute atomic E-state index is 1.00. The molecular weight excluding hydrogens is 196 g/mol. The van der Waals surface area contributed by atoms with Crippen LogP contribution < -0.4 is 0 Å². The summed E-state index contributed by atoms with van der Waals surface area (Å²) in [7, 11) is -1.00. The maximum atomic E-state index is 2.52. The van der Waals surface area contributed by atoms with E-state index in [1.165, 1.54) is 51.4 Å². The molecule has 0 amide bonds. The molecule has 0 fully saturated rings. The van der Waals surface area contributed by atoms with E-state index in [0.717, 1.165) is 0 Å². The molecule has 0 bridgehead atoms. The zero-order valence-corrected chi connectivity index (χ0v) is 12.2. The second-order valence-electron chi connectivity index (χ2n) is 6.00. The van der Waals surface area contributed by atoms with Crippen molar-refractivity contribution in [3.8, 4) is 0 Å². The average molecular weight is 224 g/mol. The van der Waals surface area contributed by atoms with Crippen molar-refractivity contribution in [1.82, 2.24) is 0 Å². The fourth-order valence-electron chi connectivity index (χ4n) is 2.74. The summed E-state index contributed by atoms with van der Waals surface area (Å²) < 4.78 is 0. The molecule has 15 heavy (non-hydrogen) atoms. The highest BCUT2D eigenvalue weighted by molar-refractivity contribution is 6.83. The van der Waals surface area contributed by atoms with E-state index in [2.05, 4.69) is 26.6 Å². The highest BCUT2D eigenvalue weighted by atomic mass is 28.3. The molecular formula is C14H28Si. The Hall–Kier alpha value is -0.0431. The Bertz CT molecular complexity index is 220. The maximum absolute atomic E-state index is 2.52. The van der Waals surface area contributed by atoms with Crippen LogP contribution in [0.25, 0.3) is 0 Å². The first kappa shape index (κ1) is 13.0. The summed E-state index contributed by atoms with van der Waals surface area (Å²) >= 11 is 0. The zero-order valence-electron chi connectivity index (χ0n) is 11.2. The molecule has 0 spiro atoms. The minimum atomic E-state index is -1.00. The van der Waals surface area contributed by atoms with Gasteiger partial charge >= 0.3 is 0 Å². The van der Waals surface area contributed by atoms with Gasteiger partial charge in [-0.05, 0) is 38.5 Å². The van der Waals surface area contributed by atoms with E-state index in [1.807, 2.05) is 10.8 Å². The van der Waals surface area contributed by atoms with Crippen molar-refractivity contribution in [1.29, 1.82) is 0 Å². The van der Waals surface area contributed by atoms with Crippen molar-refractivity contribution in [2.75, 3.05) is 0 Å². The van der Waals surface area contributed by atoms with Crippen LogP contribution in [0.15, 0.2) is 10.8 Å². The van der Waals surface area contributed by atoms with E-state index in [1.54, 1.807) is 0 Å². The zero-order chi connectivity index (χ0) is 11.3. The summed E-state index contributed by atoms with van der Waals surface area (Å²) in [5, 5.41) is 1.92. The van der Waals surface area contributed by atoms with Crippen LogP contribution in [0.1, 0.15) is 58.3 Å². The van der Waals surface area contributed by atoms with Crippen molar-refractivity contribution in [2.45, 2.75) is 77.9 Å². The van der Waals surface area contributed by atoms with Crippen LogP contribution in [-0.2, 0) is 0 Å². The average Bonchev–Trinajstić information content (AvgIpc) is 2.17. The van der Waals surface area contributed by atoms with E-state index >= 15 is 0 Å². The summed E-state index contributed by atoms with van der Waals surface area (Å²) in [6, 6.07) is 0. The maximum Gasteiger partial charge on any atom is 0.0723 e. The van der Waals surface area contributed by atoms with Gasteiger partial charge in [-0.3, -0.25) is 0 Å². The van der Waals surface area contributed by atoms with Crippen LogP contribution in [0.2, 0.25) is 19.6 Å². The van der Waals surface area contributed by atoms with Crippen molar-refractivity contribution in [2.24, 2.45) is 0 Å². The minimum Gasteiger partial charge on any atom is -0.0818 e. The quantitative estimate of drug-likeness (QED) is 0.438. The molecule has 0 aromatic rings. The third-order valence-corrected chi connectivity index (χ3v) is 5.98. The predicted octanol–water partition coefficient (Wildman–Crippen LogP) is 5.31. The van der Waals surface area contributed by atoms with Gasteiger partial charge in [-0.2, -0.15) is 0 Å². The van der Waals surface area contributed by atoms with E-state index in [-0.39, 0.29) is 0 Å². The summed E-state index contributed by atoms with van der Waals surface area (Å²) in [6.07, 6.45) is 11.4. The summed E-state index contributed by atoms with van der Waals surface area (Å²) in [6.45, 7) is 9.86. The molecule has 1 aliphatic rings. The highest BCUT2D eigenvalue weighted by Crippen LogP contribution is 2.33. The molecule has 0 saturated carbocycles. The predicted molar refractivity (Wildman–Crippen MR) is 73.0 cm³/mol. The highest BCUT2D eigenvalue weighted by Gasteiger charge is 2.24. The Balaban J connectivity index is 2.64. The van der Waals surface area contributed by atoms with Crippen molar-refractivity contribution in [3.63, 3.8) is 0 Å². The first-order valence-electron chi connectivity index (χ1n) is 6.77. The van der Waals surface area contributed by atoms with Gasteiger partial charge in [0.05, 0.1) is 8.07 Å². The molecule has 0 aliphatic heterocycles. The fourth-order valence-corrected chi connectivity index (χ4v) is 4.97. The number of unbranched alkanes of at least 4 members (excludes halogenated alkanes) is 2. The van der Waals surface area contributed by atoms with Gasteiger partial charge in [-0.15, -0.1) is 0 Å². The smallest absolute Gasteiger partial charge is 0.0723 e. The lowest BCUT2D eigenvalue weighted by atomic mass is 9.95. The molecule has 0 aromatic carbocycles. The lowest BCUT2D eigenvalue weighted by molar-refractivity contribution is 0.630. The second-order valence-corrected chi connectivity index (χ2v) is 11.1. The summed E-state index contributed by atoms with van der Waals surface area (Å²) in [5.41, 5.74) is 1.87. The Morgan fingerprint density at radius 3 is 2.27 bits per heavy atom. The number of rotatable bonds is 5. The summed E-state index contributed by atoms with van der Waals surface area (Å²) in [4.78, 5) is 0. The molecule has 0 unspecified atom stereocenters. The van der Waals surface area contributed by atoms with Gasteiger partial charge in [0.15, 0.2) is 0 Å². The van der Waals surface area contributed by atoms with Crippen LogP contribution in [-0.4, -0.2) is 8.07 Å². The largest absolute Gasteiger partial charge is 0.0818 e. The third-order valence-electron chi connectivity index (χ3n) is 3.57. The topological polar surface area (TPSA) is 0 Å². The molecule has 0 heterocycles. The van der Waals surface area contributed by atoms with Gasteiger partial charge in [0, 0.05) is 0 Å². The van der Waals surface area contributed by atoms with Gasteiger partial charge in [0.2, 0.25) is 0 Å². The third kappa shape index (κ3) is 4.14. The van der Waals surface area contributed by atoms with Crippen LogP contribution >= 0.6 is 0 Å². The van der Waals surface area contributed by atoms with E-state index in [4.69, 9.17) is 0 Å². The molecule has 1 aliphatic carbocycles. The van der Waals surface area contributed by atoms with Crippen molar-refractivity contribution >= 4 is 8.07 Å². The van der Waals surface area contributed by atoms with Crippen molar-refractivity contribution < 1.29 is 0 Å². The summed E-state index contributed by atoms with van der Waals surface area (Å²) in [5.74, 6) is 0. The Kier molecular flexibility index (Phi) is 5.11. The lowest BCUT2D eigenvalue weighted by Gasteiger charge is -2.29. The Morgan fingerprint density at radius 1 is 1.00 bits per heavy atom. The van der Waals surface area contributed by atoms with Crippen molar-refractivity contribution in [3.05, 3.63) is 10.8 Å². The van der Waals surface area contributed by atoms with Gasteiger partial charge in [-0.1, -0.05) is 50.2 Å². The Labute approximate surface area is 97.2 Å². The SMILES string of the molecule is CCCCCC1=C([Si](C)(C)C)CCCC1. The van der Waals surface area contributed by atoms with Gasteiger partial charge in [0.1, 0.15) is 0 Å². The van der Waals surface area contributed by atoms with E-state index in [9.17, 15) is 0 Å². The molecule has 0 saturated heterocycles. The molecule has 0 radical (unpaired) electrons. The Morgan fingerprint density at radius 2 is 1.67 bits per heavy atom. The van der Waals surface area contributed by atoms with E-state index < -0.39 is 8.07 Å². The lowest BCUT2D eigenvalue weighted by Crippen LogP contribution is -2.27. The fraction of sp³-hybridized carbons (Fsp3) is 0.857. The standard InChI is InChI=1S/C14H28Si/c1-5-6-7-10-13-11-8-9-12-14(13)15(2,3)4/h5-12H2,1-4H3. The number of hydrogen-bond donors (Lipinski definition) is 0. The van der Waals surface area contributed by atoms with Crippen LogP contribution in [0.4, 0.5) is 0 Å². The van der Waals surface area contributed by atoms with Gasteiger partial charge in [-0.25, -0.2) is 0 Å². The molecule has 0 nitrogen and oxygen atoms in total. The monoisotopic (exact) mass is 224 g/mol. The van der Waals surface area contributed by atoms with Crippen LogP contribution in [0.3, 0.4) is 0 Å². The molecule has 88 valence electrons. The molecule has 0 atom stereocenters. The number of hydrogen-bond acceptors (Lipinski definition) is 0. The van der Waals surface area contributed by atoms with Crippen LogP contribution in [0, 0.1) is 0 Å². The molecule has 1 heteroatoms. The van der Waals surface area contributed by atoms with Crippen LogP contribution in [0.5, 0.6) is 0 Å². The number of allylic oxidation sites excluding steroid dienone is 2. The van der Waals surface area contributed by atoms with E-state index in [0.29, 0.717) is 0 Å². The molecule has 0 aromatic heterocycles. The molecule has 0 N–H and O–H groups in total. The van der Waals surface area contributed by atoms with Gasteiger partial charge in [0.25, 0.3) is 0 Å². The first-order chi connectivity index (χ1) is 7.05. The normalized spacial score (nSPS) is 18.4. The second kappa shape index (κ2) is 5.88.